The van der Waals surface area contributed by atoms with Crippen molar-refractivity contribution in [1.29, 1.82) is 0 Å². The van der Waals surface area contributed by atoms with Gasteiger partial charge in [-0.1, -0.05) is 63.6 Å². The Kier molecular flexibility index (Phi) is 21.2. The van der Waals surface area contributed by atoms with Gasteiger partial charge in [0, 0.05) is 5.56 Å². The van der Waals surface area contributed by atoms with Gasteiger partial charge in [0.1, 0.15) is 18.1 Å². The van der Waals surface area contributed by atoms with Gasteiger partial charge in [-0.3, -0.25) is 33.6 Å². The number of unbranched alkanes of at least 4 members (excludes halogenated alkanes) is 3. The normalized spacial score (nSPS) is 13.7. The van der Waals surface area contributed by atoms with Crippen LogP contribution >= 0.6 is 0 Å². The quantitative estimate of drug-likeness (QED) is 0.0371. The summed E-state index contributed by atoms with van der Waals surface area (Å²) in [4.78, 5) is 90.0. The summed E-state index contributed by atoms with van der Waals surface area (Å²) >= 11 is 0. The third kappa shape index (κ3) is 16.8. The minimum atomic E-state index is -1.64. The standard InChI is InChI=1S/C41H63N9O7/c1-5-6-11-27-14-16-28(17-15-27)29-18-20-30(21-19-29)37(53)47-31(12-7-9-22-42)38(54)48-32(13-8-10-23-43)39(55)50-35(44)41(57)49-33(24-25(2)3)40(56)46-26(4)34(51)36(45)52/h14-21,25-26,31-33,35H,5-13,22-24,42-44H2,1-4H3,(H2,45,52)(H,46,56)(H,47,53)(H,48,54)(H,49,57)(H,50,55)/t26-,31?,32-,33-,35+/m0/s1. The lowest BCUT2D eigenvalue weighted by atomic mass is 10.0. The van der Waals surface area contributed by atoms with Crippen molar-refractivity contribution >= 4 is 41.2 Å². The molecular formula is C41H63N9O7. The molecule has 0 bridgehead atoms. The summed E-state index contributed by atoms with van der Waals surface area (Å²) in [6.07, 6.45) is 4.30. The van der Waals surface area contributed by atoms with E-state index in [0.29, 0.717) is 44.3 Å². The molecule has 5 atom stereocenters. The second-order valence-corrected chi connectivity index (χ2v) is 14.7. The number of carbonyl (C=O) groups is 7. The smallest absolute Gasteiger partial charge is 0.287 e. The first-order valence-electron chi connectivity index (χ1n) is 19.8. The lowest BCUT2D eigenvalue weighted by Gasteiger charge is -2.26. The van der Waals surface area contributed by atoms with E-state index in [9.17, 15) is 33.6 Å². The second kappa shape index (κ2) is 25.1. The van der Waals surface area contributed by atoms with E-state index in [4.69, 9.17) is 22.9 Å². The summed E-state index contributed by atoms with van der Waals surface area (Å²) in [6.45, 7) is 7.77. The van der Waals surface area contributed by atoms with Gasteiger partial charge < -0.3 is 49.5 Å². The van der Waals surface area contributed by atoms with Crippen LogP contribution in [-0.4, -0.2) is 84.6 Å². The van der Waals surface area contributed by atoms with Crippen LogP contribution < -0.4 is 49.5 Å². The first-order chi connectivity index (χ1) is 27.1. The van der Waals surface area contributed by atoms with Crippen LogP contribution in [0.3, 0.4) is 0 Å². The summed E-state index contributed by atoms with van der Waals surface area (Å²) in [5.41, 5.74) is 26.0. The number of aryl methyl sites for hydroxylation is 1. The summed E-state index contributed by atoms with van der Waals surface area (Å²) in [5, 5.41) is 12.8. The van der Waals surface area contributed by atoms with Gasteiger partial charge in [0.2, 0.25) is 23.5 Å². The maximum atomic E-state index is 13.7. The number of nitrogens with one attached hydrogen (secondary N) is 5. The molecule has 2 aromatic carbocycles. The lowest BCUT2D eigenvalue weighted by molar-refractivity contribution is -0.138. The Morgan fingerprint density at radius 2 is 1.09 bits per heavy atom. The largest absolute Gasteiger partial charge is 0.363 e. The number of ketones is 1. The highest BCUT2D eigenvalue weighted by molar-refractivity contribution is 6.37. The van der Waals surface area contributed by atoms with Crippen molar-refractivity contribution in [2.45, 2.75) is 122 Å². The molecule has 314 valence electrons. The van der Waals surface area contributed by atoms with E-state index >= 15 is 0 Å². The molecule has 0 aliphatic heterocycles. The number of benzene rings is 2. The Bertz CT molecular complexity index is 1630. The van der Waals surface area contributed by atoms with Gasteiger partial charge in [-0.25, -0.2) is 0 Å². The molecule has 2 rings (SSSR count). The maximum Gasteiger partial charge on any atom is 0.287 e. The minimum Gasteiger partial charge on any atom is -0.363 e. The van der Waals surface area contributed by atoms with Crippen molar-refractivity contribution in [3.05, 3.63) is 59.7 Å². The number of primary amides is 1. The molecule has 0 aliphatic rings. The Morgan fingerprint density at radius 1 is 0.596 bits per heavy atom. The molecule has 0 spiro atoms. The van der Waals surface area contributed by atoms with Crippen LogP contribution in [0.25, 0.3) is 11.1 Å². The number of carbonyl (C=O) groups excluding carboxylic acids is 7. The Balaban J connectivity index is 2.17. The average Bonchev–Trinajstić information content (AvgIpc) is 3.18. The highest BCUT2D eigenvalue weighted by atomic mass is 16.2. The number of hydrogen-bond donors (Lipinski definition) is 9. The van der Waals surface area contributed by atoms with Crippen LogP contribution in [0, 0.1) is 5.92 Å². The fourth-order valence-corrected chi connectivity index (χ4v) is 5.97. The molecule has 0 fully saturated rings. The SMILES string of the molecule is CCCCc1ccc(-c2ccc(C(=O)NC(CCCCN)C(=O)N[C@@H](CCCCN)C(=O)N[C@@H](N)C(=O)N[C@@H](CC(C)C)C(=O)N[C@@H](C)C(=O)C(N)=O)cc2)cc1. The van der Waals surface area contributed by atoms with E-state index in [0.717, 1.165) is 30.4 Å². The van der Waals surface area contributed by atoms with Gasteiger partial charge in [0.15, 0.2) is 6.17 Å². The first kappa shape index (κ1) is 48.0. The number of amides is 6. The van der Waals surface area contributed by atoms with Gasteiger partial charge in [0.05, 0.1) is 6.04 Å². The molecule has 0 saturated carbocycles. The third-order valence-electron chi connectivity index (χ3n) is 9.32. The molecule has 6 amide bonds. The van der Waals surface area contributed by atoms with Crippen LogP contribution in [0.5, 0.6) is 0 Å². The maximum absolute atomic E-state index is 13.7. The molecule has 16 nitrogen and oxygen atoms in total. The van der Waals surface area contributed by atoms with Crippen molar-refractivity contribution in [2.24, 2.45) is 28.9 Å². The molecule has 16 heteroatoms. The van der Waals surface area contributed by atoms with Crippen molar-refractivity contribution < 1.29 is 33.6 Å². The summed E-state index contributed by atoms with van der Waals surface area (Å²) in [5.74, 6) is -5.84. The van der Waals surface area contributed by atoms with Crippen LogP contribution in [0.4, 0.5) is 0 Å². The van der Waals surface area contributed by atoms with Gasteiger partial charge in [-0.05, 0) is 113 Å². The molecule has 0 heterocycles. The highest BCUT2D eigenvalue weighted by Crippen LogP contribution is 2.21. The second-order valence-electron chi connectivity index (χ2n) is 14.7. The van der Waals surface area contributed by atoms with Gasteiger partial charge >= 0.3 is 0 Å². The molecule has 0 radical (unpaired) electrons. The number of Topliss-reactive ketones (excluding diaryl/α,β-unsaturated/α-hetero) is 1. The number of nitrogens with two attached hydrogens (primary N) is 4. The summed E-state index contributed by atoms with van der Waals surface area (Å²) < 4.78 is 0. The molecule has 2 aromatic rings. The zero-order valence-electron chi connectivity index (χ0n) is 33.7. The monoisotopic (exact) mass is 793 g/mol. The fourth-order valence-electron chi connectivity index (χ4n) is 5.97. The number of hydrogen-bond acceptors (Lipinski definition) is 10. The van der Waals surface area contributed by atoms with Gasteiger partial charge in [0.25, 0.3) is 17.7 Å². The molecule has 13 N–H and O–H groups in total. The first-order valence-corrected chi connectivity index (χ1v) is 19.8. The molecule has 57 heavy (non-hydrogen) atoms. The Labute approximate surface area is 335 Å². The predicted molar refractivity (Wildman–Crippen MR) is 219 cm³/mol. The van der Waals surface area contributed by atoms with Crippen LogP contribution in [0.2, 0.25) is 0 Å². The highest BCUT2D eigenvalue weighted by Gasteiger charge is 2.31. The molecule has 0 aliphatic carbocycles. The van der Waals surface area contributed by atoms with Crippen molar-refractivity contribution in [3.63, 3.8) is 0 Å². The van der Waals surface area contributed by atoms with E-state index in [1.165, 1.54) is 12.5 Å². The summed E-state index contributed by atoms with van der Waals surface area (Å²) in [7, 11) is 0. The fraction of sp³-hybridized carbons (Fsp3) is 0.537. The predicted octanol–water partition coefficient (Wildman–Crippen LogP) is 1.03. The van der Waals surface area contributed by atoms with E-state index in [1.54, 1.807) is 26.0 Å². The van der Waals surface area contributed by atoms with Crippen molar-refractivity contribution in [1.82, 2.24) is 26.6 Å². The van der Waals surface area contributed by atoms with E-state index < -0.39 is 71.6 Å². The third-order valence-corrected chi connectivity index (χ3v) is 9.32. The van der Waals surface area contributed by atoms with Crippen molar-refractivity contribution in [2.75, 3.05) is 13.1 Å². The van der Waals surface area contributed by atoms with Crippen LogP contribution in [0.1, 0.15) is 101 Å². The molecular weight excluding hydrogens is 731 g/mol. The van der Waals surface area contributed by atoms with E-state index in [2.05, 4.69) is 57.8 Å². The lowest BCUT2D eigenvalue weighted by Crippen LogP contribution is -2.61. The van der Waals surface area contributed by atoms with Crippen LogP contribution in [-0.2, 0) is 35.2 Å². The zero-order valence-corrected chi connectivity index (χ0v) is 33.7. The Hall–Kier alpha value is -5.19. The molecule has 0 aromatic heterocycles. The minimum absolute atomic E-state index is 0.0909. The van der Waals surface area contributed by atoms with Gasteiger partial charge in [-0.2, -0.15) is 0 Å². The summed E-state index contributed by atoms with van der Waals surface area (Å²) in [6, 6.07) is 10.8. The van der Waals surface area contributed by atoms with E-state index in [-0.39, 0.29) is 25.2 Å². The number of rotatable bonds is 26. The topological polar surface area (TPSA) is 284 Å². The zero-order chi connectivity index (χ0) is 42.5. The molecule has 1 unspecified atom stereocenters. The average molecular weight is 794 g/mol. The van der Waals surface area contributed by atoms with Gasteiger partial charge in [-0.15, -0.1) is 0 Å². The Morgan fingerprint density at radius 3 is 1.60 bits per heavy atom. The molecule has 0 saturated heterocycles. The van der Waals surface area contributed by atoms with Crippen molar-refractivity contribution in [3.8, 4) is 11.1 Å². The van der Waals surface area contributed by atoms with Crippen LogP contribution in [0.15, 0.2) is 48.5 Å². The van der Waals surface area contributed by atoms with E-state index in [1.807, 2.05) is 12.1 Å².